The van der Waals surface area contributed by atoms with Gasteiger partial charge in [-0.05, 0) is 30.4 Å². The maximum absolute atomic E-state index is 13.7. The van der Waals surface area contributed by atoms with Crippen LogP contribution in [0.1, 0.15) is 42.6 Å². The van der Waals surface area contributed by atoms with Crippen molar-refractivity contribution in [2.24, 2.45) is 0 Å². The largest absolute Gasteiger partial charge is 0.370 e. The molecule has 0 saturated carbocycles. The number of alkyl halides is 2. The number of benzene rings is 1. The first-order chi connectivity index (χ1) is 13.0. The van der Waals surface area contributed by atoms with Gasteiger partial charge in [-0.1, -0.05) is 30.3 Å². The van der Waals surface area contributed by atoms with Crippen LogP contribution < -0.4 is 4.90 Å². The van der Waals surface area contributed by atoms with E-state index in [9.17, 15) is 14.0 Å². The number of anilines is 1. The van der Waals surface area contributed by atoms with Crippen LogP contribution >= 0.6 is 0 Å². The average molecular weight is 367 g/mol. The molecule has 1 aliphatic rings. The summed E-state index contributed by atoms with van der Waals surface area (Å²) in [6.07, 6.45) is 3.48. The number of nitrogens with zero attached hydrogens (tertiary/aromatic N) is 5. The van der Waals surface area contributed by atoms with Crippen LogP contribution in [0, 0.1) is 11.3 Å². The number of pyridine rings is 1. The Hall–Kier alpha value is -3.01. The van der Waals surface area contributed by atoms with Gasteiger partial charge in [0.25, 0.3) is 0 Å². The Labute approximate surface area is 155 Å². The van der Waals surface area contributed by atoms with Crippen LogP contribution in [0.2, 0.25) is 0 Å². The van der Waals surface area contributed by atoms with Crippen molar-refractivity contribution in [3.63, 3.8) is 0 Å². The van der Waals surface area contributed by atoms with E-state index in [1.807, 2.05) is 6.07 Å². The van der Waals surface area contributed by atoms with Gasteiger partial charge in [-0.15, -0.1) is 10.2 Å². The van der Waals surface area contributed by atoms with E-state index in [1.54, 1.807) is 6.07 Å². The molecule has 7 heteroatoms. The number of halogens is 2. The second-order valence-corrected chi connectivity index (χ2v) is 6.97. The molecule has 0 spiro atoms. The van der Waals surface area contributed by atoms with Crippen molar-refractivity contribution in [2.45, 2.75) is 31.6 Å². The summed E-state index contributed by atoms with van der Waals surface area (Å²) in [5.74, 6) is -3.08. The van der Waals surface area contributed by atoms with E-state index in [-0.39, 0.29) is 5.65 Å². The van der Waals surface area contributed by atoms with Crippen LogP contribution in [0.4, 0.5) is 14.5 Å². The number of hydrogen-bond donors (Lipinski definition) is 0. The first-order valence-electron chi connectivity index (χ1n) is 8.95. The highest BCUT2D eigenvalue weighted by molar-refractivity contribution is 5.71. The molecule has 1 saturated heterocycles. The SMILES string of the molecule is CC(F)(F)c1nnc2c(C#N)c(N3CCC(c4ccccc4)CC3)ccn12. The topological polar surface area (TPSA) is 57.2 Å². The zero-order valence-electron chi connectivity index (χ0n) is 14.9. The normalized spacial score (nSPS) is 15.9. The second-order valence-electron chi connectivity index (χ2n) is 6.97. The van der Waals surface area contributed by atoms with E-state index < -0.39 is 11.7 Å². The molecule has 5 nitrogen and oxygen atoms in total. The summed E-state index contributed by atoms with van der Waals surface area (Å²) in [6.45, 7) is 2.38. The molecule has 27 heavy (non-hydrogen) atoms. The molecule has 0 N–H and O–H groups in total. The van der Waals surface area contributed by atoms with Gasteiger partial charge in [-0.2, -0.15) is 14.0 Å². The lowest BCUT2D eigenvalue weighted by molar-refractivity contribution is 0.00668. The van der Waals surface area contributed by atoms with E-state index >= 15 is 0 Å². The lowest BCUT2D eigenvalue weighted by atomic mass is 9.89. The minimum absolute atomic E-state index is 0.178. The minimum Gasteiger partial charge on any atom is -0.370 e. The van der Waals surface area contributed by atoms with E-state index in [0.29, 0.717) is 11.5 Å². The number of fused-ring (bicyclic) bond motifs is 1. The van der Waals surface area contributed by atoms with E-state index in [0.717, 1.165) is 38.5 Å². The van der Waals surface area contributed by atoms with Gasteiger partial charge in [-0.3, -0.25) is 4.40 Å². The monoisotopic (exact) mass is 367 g/mol. The molecule has 138 valence electrons. The summed E-state index contributed by atoms with van der Waals surface area (Å²) in [5, 5.41) is 17.1. The van der Waals surface area contributed by atoms with Gasteiger partial charge in [0, 0.05) is 26.2 Å². The van der Waals surface area contributed by atoms with E-state index in [4.69, 9.17) is 0 Å². The molecule has 3 heterocycles. The molecule has 4 rings (SSSR count). The second kappa shape index (κ2) is 6.62. The molecule has 0 atom stereocenters. The third-order valence-electron chi connectivity index (χ3n) is 5.17. The van der Waals surface area contributed by atoms with Gasteiger partial charge in [0.1, 0.15) is 11.6 Å². The molecule has 3 aromatic rings. The van der Waals surface area contributed by atoms with Gasteiger partial charge in [-0.25, -0.2) is 0 Å². The van der Waals surface area contributed by atoms with Crippen molar-refractivity contribution in [3.8, 4) is 6.07 Å². The predicted molar refractivity (Wildman–Crippen MR) is 97.9 cm³/mol. The fourth-order valence-corrected chi connectivity index (χ4v) is 3.80. The smallest absolute Gasteiger partial charge is 0.304 e. The predicted octanol–water partition coefficient (Wildman–Crippen LogP) is 4.10. The summed E-state index contributed by atoms with van der Waals surface area (Å²) >= 11 is 0. The maximum Gasteiger partial charge on any atom is 0.304 e. The molecule has 0 radical (unpaired) electrons. The zero-order valence-corrected chi connectivity index (χ0v) is 14.9. The molecule has 0 amide bonds. The number of aromatic nitrogens is 3. The van der Waals surface area contributed by atoms with Crippen molar-refractivity contribution in [3.05, 3.63) is 59.5 Å². The van der Waals surface area contributed by atoms with Crippen LogP contribution in [-0.4, -0.2) is 27.7 Å². The summed E-state index contributed by atoms with van der Waals surface area (Å²) in [7, 11) is 0. The van der Waals surface area contributed by atoms with Gasteiger partial charge in [0.05, 0.1) is 5.69 Å². The molecule has 1 aliphatic heterocycles. The van der Waals surface area contributed by atoms with Crippen LogP contribution in [0.5, 0.6) is 0 Å². The minimum atomic E-state index is -3.12. The zero-order chi connectivity index (χ0) is 19.0. The lowest BCUT2D eigenvalue weighted by Crippen LogP contribution is -2.33. The molecule has 1 fully saturated rings. The maximum atomic E-state index is 13.7. The van der Waals surface area contributed by atoms with Crippen LogP contribution in [0.3, 0.4) is 0 Å². The Morgan fingerprint density at radius 1 is 1.11 bits per heavy atom. The van der Waals surface area contributed by atoms with E-state index in [1.165, 1.54) is 16.2 Å². The van der Waals surface area contributed by atoms with Gasteiger partial charge >= 0.3 is 5.92 Å². The Morgan fingerprint density at radius 3 is 2.44 bits per heavy atom. The van der Waals surface area contributed by atoms with E-state index in [2.05, 4.69) is 45.4 Å². The first-order valence-corrected chi connectivity index (χ1v) is 8.95. The molecule has 1 aromatic carbocycles. The highest BCUT2D eigenvalue weighted by atomic mass is 19.3. The van der Waals surface area contributed by atoms with Gasteiger partial charge in [0.15, 0.2) is 5.65 Å². The molecule has 0 bridgehead atoms. The third kappa shape index (κ3) is 3.12. The highest BCUT2D eigenvalue weighted by Gasteiger charge is 2.32. The number of nitriles is 1. The lowest BCUT2D eigenvalue weighted by Gasteiger charge is -2.34. The van der Waals surface area contributed by atoms with Gasteiger partial charge < -0.3 is 4.90 Å². The molecule has 0 unspecified atom stereocenters. The number of piperidine rings is 1. The molecular weight excluding hydrogens is 348 g/mol. The standard InChI is InChI=1S/C20H19F2N5/c1-20(21,22)19-25-24-18-16(13-23)17(9-12-27(18)19)26-10-7-15(8-11-26)14-5-3-2-4-6-14/h2-6,9,12,15H,7-8,10-11H2,1H3. The number of rotatable bonds is 3. The first kappa shape index (κ1) is 17.4. The van der Waals surface area contributed by atoms with Crippen LogP contribution in [-0.2, 0) is 5.92 Å². The fourth-order valence-electron chi connectivity index (χ4n) is 3.80. The Kier molecular flexibility index (Phi) is 4.27. The summed E-state index contributed by atoms with van der Waals surface area (Å²) in [4.78, 5) is 2.14. The molecule has 2 aromatic heterocycles. The molecule has 0 aliphatic carbocycles. The Bertz CT molecular complexity index is 993. The summed E-state index contributed by atoms with van der Waals surface area (Å²) in [5.41, 5.74) is 2.53. The van der Waals surface area contributed by atoms with Gasteiger partial charge in [0.2, 0.25) is 5.82 Å². The van der Waals surface area contributed by atoms with Crippen LogP contribution in [0.25, 0.3) is 5.65 Å². The highest BCUT2D eigenvalue weighted by Crippen LogP contribution is 2.34. The number of hydrogen-bond acceptors (Lipinski definition) is 4. The van der Waals surface area contributed by atoms with Crippen LogP contribution in [0.15, 0.2) is 42.6 Å². The quantitative estimate of drug-likeness (QED) is 0.699. The average Bonchev–Trinajstić information content (AvgIpc) is 3.13. The Morgan fingerprint density at radius 2 is 1.81 bits per heavy atom. The van der Waals surface area contributed by atoms with Crippen molar-refractivity contribution in [1.29, 1.82) is 5.26 Å². The summed E-state index contributed by atoms with van der Waals surface area (Å²) < 4.78 is 28.6. The van der Waals surface area contributed by atoms with Crippen molar-refractivity contribution in [2.75, 3.05) is 18.0 Å². The van der Waals surface area contributed by atoms with Crippen molar-refractivity contribution < 1.29 is 8.78 Å². The Balaban J connectivity index is 1.62. The van der Waals surface area contributed by atoms with Crippen molar-refractivity contribution >= 4 is 11.3 Å². The third-order valence-corrected chi connectivity index (χ3v) is 5.17. The molecular formula is C20H19F2N5. The van der Waals surface area contributed by atoms with Crippen molar-refractivity contribution in [1.82, 2.24) is 14.6 Å². The fraction of sp³-hybridized carbons (Fsp3) is 0.350. The summed E-state index contributed by atoms with van der Waals surface area (Å²) in [6, 6.07) is 14.3.